The molecule has 109 heavy (non-hydrogen) atoms. The minimum absolute atomic E-state index is 0.107. The van der Waals surface area contributed by atoms with Gasteiger partial charge >= 0.3 is 39.5 Å². The summed E-state index contributed by atoms with van der Waals surface area (Å²) in [6, 6.07) is 0. The Morgan fingerprint density at radius 2 is 0.422 bits per heavy atom. The molecule has 3 N–H and O–H groups in total. The summed E-state index contributed by atoms with van der Waals surface area (Å²) < 4.78 is 69.0. The largest absolute Gasteiger partial charge is 0.472 e. The van der Waals surface area contributed by atoms with Crippen molar-refractivity contribution in [3.8, 4) is 0 Å². The number of esters is 4. The predicted molar refractivity (Wildman–Crippen MR) is 451 cm³/mol. The highest BCUT2D eigenvalue weighted by molar-refractivity contribution is 7.47. The van der Waals surface area contributed by atoms with Gasteiger partial charge in [0.05, 0.1) is 26.4 Å². The summed E-state index contributed by atoms with van der Waals surface area (Å²) >= 11 is 0. The zero-order chi connectivity index (χ0) is 79.9. The zero-order valence-corrected chi connectivity index (χ0v) is 73.7. The highest BCUT2D eigenvalue weighted by Crippen LogP contribution is 2.45. The van der Waals surface area contributed by atoms with Gasteiger partial charge in [0.25, 0.3) is 0 Å². The van der Waals surface area contributed by atoms with Crippen LogP contribution in [0.5, 0.6) is 0 Å². The van der Waals surface area contributed by atoms with Gasteiger partial charge in [0.15, 0.2) is 12.2 Å². The number of hydrogen-bond acceptors (Lipinski definition) is 15. The van der Waals surface area contributed by atoms with Crippen LogP contribution in [0.25, 0.3) is 0 Å². The number of phosphoric acid groups is 2. The fourth-order valence-electron chi connectivity index (χ4n) is 14.1. The van der Waals surface area contributed by atoms with Crippen LogP contribution in [-0.4, -0.2) is 96.7 Å². The molecule has 0 spiro atoms. The third-order valence-corrected chi connectivity index (χ3v) is 23.1. The van der Waals surface area contributed by atoms with E-state index in [9.17, 15) is 43.2 Å². The highest BCUT2D eigenvalue weighted by Gasteiger charge is 2.31. The van der Waals surface area contributed by atoms with E-state index in [4.69, 9.17) is 37.0 Å². The van der Waals surface area contributed by atoms with Crippen LogP contribution in [0.1, 0.15) is 485 Å². The van der Waals surface area contributed by atoms with Crippen molar-refractivity contribution in [1.29, 1.82) is 0 Å². The van der Waals surface area contributed by atoms with E-state index in [-0.39, 0.29) is 25.7 Å². The number of carbonyl (C=O) groups excluding carboxylic acids is 4. The van der Waals surface area contributed by atoms with Crippen molar-refractivity contribution in [1.82, 2.24) is 0 Å². The monoisotopic (exact) mass is 1590 g/mol. The molecule has 19 heteroatoms. The third kappa shape index (κ3) is 83.8. The van der Waals surface area contributed by atoms with E-state index < -0.39 is 97.5 Å². The van der Waals surface area contributed by atoms with Gasteiger partial charge in [-0.1, -0.05) is 433 Å². The number of phosphoric ester groups is 2. The van der Waals surface area contributed by atoms with Crippen molar-refractivity contribution in [2.24, 2.45) is 11.8 Å². The van der Waals surface area contributed by atoms with Gasteiger partial charge in [-0.05, 0) is 37.5 Å². The van der Waals surface area contributed by atoms with E-state index >= 15 is 0 Å². The second-order valence-corrected chi connectivity index (χ2v) is 36.2. The first-order valence-corrected chi connectivity index (χ1v) is 49.5. The molecule has 0 aromatic rings. The van der Waals surface area contributed by atoms with E-state index in [0.29, 0.717) is 25.7 Å². The molecule has 0 aliphatic carbocycles. The maximum absolute atomic E-state index is 13.2. The molecule has 648 valence electrons. The fourth-order valence-corrected chi connectivity index (χ4v) is 15.7. The summed E-state index contributed by atoms with van der Waals surface area (Å²) in [6.45, 7) is 9.68. The van der Waals surface area contributed by atoms with Crippen molar-refractivity contribution in [3.05, 3.63) is 0 Å². The van der Waals surface area contributed by atoms with Gasteiger partial charge in [-0.3, -0.25) is 37.3 Å². The summed E-state index contributed by atoms with van der Waals surface area (Å²) in [4.78, 5) is 73.4. The Morgan fingerprint density at radius 1 is 0.248 bits per heavy atom. The molecule has 0 rings (SSSR count). The number of aliphatic hydroxyl groups excluding tert-OH is 1. The highest BCUT2D eigenvalue weighted by atomic mass is 31.2. The summed E-state index contributed by atoms with van der Waals surface area (Å²) in [6.07, 6.45) is 75.2. The van der Waals surface area contributed by atoms with Gasteiger partial charge in [-0.25, -0.2) is 9.13 Å². The molecule has 0 saturated carbocycles. The number of aliphatic hydroxyl groups is 1. The van der Waals surface area contributed by atoms with Crippen LogP contribution in [0, 0.1) is 11.8 Å². The smallest absolute Gasteiger partial charge is 0.462 e. The van der Waals surface area contributed by atoms with Gasteiger partial charge in [0.1, 0.15) is 19.3 Å². The normalized spacial score (nSPS) is 13.8. The topological polar surface area (TPSA) is 237 Å². The van der Waals surface area contributed by atoms with Gasteiger partial charge in [-0.15, -0.1) is 0 Å². The molecule has 17 nitrogen and oxygen atoms in total. The first kappa shape index (κ1) is 107. The van der Waals surface area contributed by atoms with Gasteiger partial charge in [-0.2, -0.15) is 0 Å². The van der Waals surface area contributed by atoms with E-state index in [2.05, 4.69) is 41.5 Å². The van der Waals surface area contributed by atoms with Crippen LogP contribution in [0.4, 0.5) is 0 Å². The molecule has 0 bridgehead atoms. The summed E-state index contributed by atoms with van der Waals surface area (Å²) in [5.74, 6) is -0.577. The fraction of sp³-hybridized carbons (Fsp3) is 0.956. The molecule has 0 aliphatic heterocycles. The Hall–Kier alpha value is -1.94. The molecule has 0 aromatic heterocycles. The van der Waals surface area contributed by atoms with Crippen molar-refractivity contribution < 1.29 is 80.2 Å². The Balaban J connectivity index is 5.23. The van der Waals surface area contributed by atoms with Crippen LogP contribution < -0.4 is 0 Å². The van der Waals surface area contributed by atoms with Crippen LogP contribution in [0.15, 0.2) is 0 Å². The number of unbranched alkanes of at least 4 members (excludes halogenated alkanes) is 59. The van der Waals surface area contributed by atoms with Gasteiger partial charge in [0.2, 0.25) is 0 Å². The van der Waals surface area contributed by atoms with Gasteiger partial charge < -0.3 is 33.8 Å². The molecular formula is C90H176O17P2. The third-order valence-electron chi connectivity index (χ3n) is 21.2. The lowest BCUT2D eigenvalue weighted by atomic mass is 10.0. The lowest BCUT2D eigenvalue weighted by molar-refractivity contribution is -0.161. The number of hydrogen-bond donors (Lipinski definition) is 3. The minimum Gasteiger partial charge on any atom is -0.462 e. The maximum Gasteiger partial charge on any atom is 0.472 e. The first-order chi connectivity index (χ1) is 52.9. The predicted octanol–water partition coefficient (Wildman–Crippen LogP) is 27.8. The summed E-state index contributed by atoms with van der Waals surface area (Å²) in [5.41, 5.74) is 0. The SMILES string of the molecule is CCCCCCCCCCCCCCCCCCCCCCCC(=O)O[C@H](COC(=O)CCCCCCCCCCCCCCCCCCCCCC)COP(=O)(O)OC[C@@H](O)COP(=O)(O)OC[C@@H](COC(=O)CCCCCCCCCCC(C)C)OC(=O)CCCCCCCCCCCCCCCCC(C)C. The average Bonchev–Trinajstić information content (AvgIpc) is 0.901. The second kappa shape index (κ2) is 81.2. The first-order valence-electron chi connectivity index (χ1n) is 46.5. The molecule has 2 unspecified atom stereocenters. The quantitative estimate of drug-likeness (QED) is 0.0222. The van der Waals surface area contributed by atoms with E-state index in [1.165, 1.54) is 302 Å². The number of ether oxygens (including phenoxy) is 4. The summed E-state index contributed by atoms with van der Waals surface area (Å²) in [7, 11) is -9.93. The zero-order valence-electron chi connectivity index (χ0n) is 71.9. The van der Waals surface area contributed by atoms with Crippen LogP contribution in [-0.2, 0) is 65.4 Å². The number of rotatable bonds is 89. The molecule has 0 saturated heterocycles. The molecule has 0 heterocycles. The van der Waals surface area contributed by atoms with E-state index in [1.54, 1.807) is 0 Å². The molecule has 0 amide bonds. The molecule has 5 atom stereocenters. The average molecular weight is 1590 g/mol. The van der Waals surface area contributed by atoms with Crippen LogP contribution in [0.3, 0.4) is 0 Å². The minimum atomic E-state index is -4.97. The van der Waals surface area contributed by atoms with Crippen molar-refractivity contribution in [2.45, 2.75) is 503 Å². The Kier molecular flexibility index (Phi) is 79.8. The molecule has 0 aliphatic rings. The van der Waals surface area contributed by atoms with Crippen molar-refractivity contribution in [2.75, 3.05) is 39.6 Å². The van der Waals surface area contributed by atoms with Crippen LogP contribution >= 0.6 is 15.6 Å². The molecule has 0 radical (unpaired) electrons. The lowest BCUT2D eigenvalue weighted by Crippen LogP contribution is -2.30. The lowest BCUT2D eigenvalue weighted by Gasteiger charge is -2.21. The Labute approximate surface area is 670 Å². The molecule has 0 aromatic carbocycles. The molecule has 0 fully saturated rings. The van der Waals surface area contributed by atoms with Gasteiger partial charge in [0, 0.05) is 25.7 Å². The standard InChI is InChI=1S/C90H176O17P2/c1-7-9-11-13-15-17-19-21-23-25-27-29-31-33-35-40-44-48-56-62-68-74-89(94)106-85(78-100-87(92)72-66-60-54-47-43-39-34-32-30-28-26-24-22-20-18-16-14-12-10-8-2)80-104-108(96,97)102-76-84(91)77-103-109(98,99)105-81-86(79-101-88(93)73-67-61-55-51-50-53-59-65-71-83(5)6)107-90(95)75-69-63-57-49-45-41-37-36-38-42-46-52-58-64-70-82(3)4/h82-86,91H,7-81H2,1-6H3,(H,96,97)(H,98,99)/t84-,85-,86-/m1/s1. The van der Waals surface area contributed by atoms with Crippen LogP contribution in [0.2, 0.25) is 0 Å². The Morgan fingerprint density at radius 3 is 0.624 bits per heavy atom. The van der Waals surface area contributed by atoms with Crippen molar-refractivity contribution >= 4 is 39.5 Å². The second-order valence-electron chi connectivity index (χ2n) is 33.3. The maximum atomic E-state index is 13.2. The van der Waals surface area contributed by atoms with E-state index in [0.717, 1.165) is 102 Å². The number of carbonyl (C=O) groups is 4. The summed E-state index contributed by atoms with van der Waals surface area (Å²) in [5, 5.41) is 10.7. The molecular weight excluding hydrogens is 1410 g/mol. The Bertz CT molecular complexity index is 2080. The van der Waals surface area contributed by atoms with Crippen molar-refractivity contribution in [3.63, 3.8) is 0 Å². The van der Waals surface area contributed by atoms with E-state index in [1.807, 2.05) is 0 Å².